The minimum atomic E-state index is -0.635. The third kappa shape index (κ3) is 2.73. The number of hydrogen-bond acceptors (Lipinski definition) is 2. The molecule has 0 aliphatic rings. The third-order valence-electron chi connectivity index (χ3n) is 2.43. The lowest BCUT2D eigenvalue weighted by Crippen LogP contribution is -2.13. The number of nitrogens with zero attached hydrogens (tertiary/aromatic N) is 1. The summed E-state index contributed by atoms with van der Waals surface area (Å²) in [5.74, 6) is -1.12. The Bertz CT molecular complexity index is 601. The molecule has 18 heavy (non-hydrogen) atoms. The SMILES string of the molecule is Cc1cc(NC(=O)c2ccncc2F)ccc1Br. The Hall–Kier alpha value is -1.75. The fraction of sp³-hybridized carbons (Fsp3) is 0.0769. The van der Waals surface area contributed by atoms with E-state index in [0.29, 0.717) is 5.69 Å². The molecule has 0 saturated heterocycles. The summed E-state index contributed by atoms with van der Waals surface area (Å²) in [4.78, 5) is 15.4. The molecule has 0 spiro atoms. The van der Waals surface area contributed by atoms with Crippen LogP contribution in [0, 0.1) is 12.7 Å². The van der Waals surface area contributed by atoms with Gasteiger partial charge in [-0.25, -0.2) is 4.39 Å². The van der Waals surface area contributed by atoms with Crippen molar-refractivity contribution in [1.29, 1.82) is 0 Å². The highest BCUT2D eigenvalue weighted by atomic mass is 79.9. The van der Waals surface area contributed by atoms with Gasteiger partial charge in [-0.2, -0.15) is 0 Å². The van der Waals surface area contributed by atoms with E-state index in [-0.39, 0.29) is 5.56 Å². The van der Waals surface area contributed by atoms with Gasteiger partial charge in [-0.3, -0.25) is 9.78 Å². The molecule has 0 unspecified atom stereocenters. The van der Waals surface area contributed by atoms with Crippen molar-refractivity contribution >= 4 is 27.5 Å². The lowest BCUT2D eigenvalue weighted by atomic mass is 10.2. The zero-order chi connectivity index (χ0) is 13.1. The van der Waals surface area contributed by atoms with E-state index in [1.165, 1.54) is 12.3 Å². The van der Waals surface area contributed by atoms with Crippen LogP contribution < -0.4 is 5.32 Å². The first kappa shape index (κ1) is 12.7. The summed E-state index contributed by atoms with van der Waals surface area (Å²) in [7, 11) is 0. The molecule has 0 saturated carbocycles. The standard InChI is InChI=1S/C13H10BrFN2O/c1-8-6-9(2-3-11(8)14)17-13(18)10-4-5-16-7-12(10)15/h2-7H,1H3,(H,17,18). The van der Waals surface area contributed by atoms with Crippen molar-refractivity contribution in [2.45, 2.75) is 6.92 Å². The van der Waals surface area contributed by atoms with Gasteiger partial charge in [0.25, 0.3) is 5.91 Å². The molecule has 92 valence electrons. The van der Waals surface area contributed by atoms with Crippen molar-refractivity contribution in [3.63, 3.8) is 0 Å². The Kier molecular flexibility index (Phi) is 3.72. The van der Waals surface area contributed by atoms with Crippen molar-refractivity contribution in [2.75, 3.05) is 5.32 Å². The van der Waals surface area contributed by atoms with Crippen molar-refractivity contribution in [2.24, 2.45) is 0 Å². The highest BCUT2D eigenvalue weighted by Crippen LogP contribution is 2.20. The average Bonchev–Trinajstić information content (AvgIpc) is 2.34. The number of benzene rings is 1. The van der Waals surface area contributed by atoms with Crippen molar-refractivity contribution in [1.82, 2.24) is 4.98 Å². The van der Waals surface area contributed by atoms with Crippen molar-refractivity contribution in [3.8, 4) is 0 Å². The smallest absolute Gasteiger partial charge is 0.258 e. The van der Waals surface area contributed by atoms with Gasteiger partial charge in [0, 0.05) is 16.4 Å². The minimum absolute atomic E-state index is 0.0226. The monoisotopic (exact) mass is 308 g/mol. The molecular formula is C13H10BrFN2O. The van der Waals surface area contributed by atoms with Gasteiger partial charge in [-0.05, 0) is 36.8 Å². The number of anilines is 1. The molecule has 1 aromatic carbocycles. The molecule has 0 bridgehead atoms. The van der Waals surface area contributed by atoms with E-state index in [1.807, 2.05) is 13.0 Å². The van der Waals surface area contributed by atoms with Crippen LogP contribution in [0.4, 0.5) is 10.1 Å². The fourth-order valence-corrected chi connectivity index (χ4v) is 1.73. The maximum Gasteiger partial charge on any atom is 0.258 e. The Labute approximate surface area is 112 Å². The Morgan fingerprint density at radius 1 is 1.39 bits per heavy atom. The van der Waals surface area contributed by atoms with Crippen LogP contribution in [-0.2, 0) is 0 Å². The van der Waals surface area contributed by atoms with Crippen LogP contribution in [0.2, 0.25) is 0 Å². The Balaban J connectivity index is 2.22. The van der Waals surface area contributed by atoms with Crippen molar-refractivity contribution in [3.05, 3.63) is 58.1 Å². The van der Waals surface area contributed by atoms with E-state index < -0.39 is 11.7 Å². The van der Waals surface area contributed by atoms with Crippen LogP contribution in [0.25, 0.3) is 0 Å². The molecule has 1 aromatic heterocycles. The van der Waals surface area contributed by atoms with Crippen LogP contribution >= 0.6 is 15.9 Å². The zero-order valence-corrected chi connectivity index (χ0v) is 11.2. The topological polar surface area (TPSA) is 42.0 Å². The first-order valence-electron chi connectivity index (χ1n) is 5.25. The number of aryl methyl sites for hydroxylation is 1. The fourth-order valence-electron chi connectivity index (χ4n) is 1.48. The number of aromatic nitrogens is 1. The summed E-state index contributed by atoms with van der Waals surface area (Å²) in [6.07, 6.45) is 2.40. The lowest BCUT2D eigenvalue weighted by Gasteiger charge is -2.07. The van der Waals surface area contributed by atoms with E-state index in [0.717, 1.165) is 16.2 Å². The second-order valence-corrected chi connectivity index (χ2v) is 4.63. The molecule has 3 nitrogen and oxygen atoms in total. The van der Waals surface area contributed by atoms with Crippen LogP contribution in [0.15, 0.2) is 41.1 Å². The zero-order valence-electron chi connectivity index (χ0n) is 9.58. The number of rotatable bonds is 2. The number of carbonyl (C=O) groups is 1. The van der Waals surface area contributed by atoms with Gasteiger partial charge in [-0.1, -0.05) is 15.9 Å². The molecule has 1 N–H and O–H groups in total. The van der Waals surface area contributed by atoms with E-state index in [4.69, 9.17) is 0 Å². The van der Waals surface area contributed by atoms with Gasteiger partial charge in [0.15, 0.2) is 5.82 Å². The van der Waals surface area contributed by atoms with Crippen LogP contribution in [0.5, 0.6) is 0 Å². The van der Waals surface area contributed by atoms with E-state index in [2.05, 4.69) is 26.2 Å². The maximum absolute atomic E-state index is 13.4. The first-order valence-corrected chi connectivity index (χ1v) is 6.04. The largest absolute Gasteiger partial charge is 0.322 e. The number of hydrogen-bond donors (Lipinski definition) is 1. The molecule has 0 atom stereocenters. The Morgan fingerprint density at radius 2 is 2.17 bits per heavy atom. The molecule has 0 radical (unpaired) electrons. The molecule has 5 heteroatoms. The summed E-state index contributed by atoms with van der Waals surface area (Å²) in [6.45, 7) is 1.91. The summed E-state index contributed by atoms with van der Waals surface area (Å²) in [5, 5.41) is 2.64. The predicted octanol–water partition coefficient (Wildman–Crippen LogP) is 3.54. The number of nitrogens with one attached hydrogen (secondary N) is 1. The summed E-state index contributed by atoms with van der Waals surface area (Å²) < 4.78 is 14.3. The van der Waals surface area contributed by atoms with Crippen LogP contribution in [0.3, 0.4) is 0 Å². The molecule has 0 aliphatic carbocycles. The molecule has 0 fully saturated rings. The van der Waals surface area contributed by atoms with Gasteiger partial charge in [0.1, 0.15) is 0 Å². The highest BCUT2D eigenvalue weighted by molar-refractivity contribution is 9.10. The van der Waals surface area contributed by atoms with Crippen LogP contribution in [0.1, 0.15) is 15.9 Å². The third-order valence-corrected chi connectivity index (χ3v) is 3.32. The molecule has 0 aliphatic heterocycles. The van der Waals surface area contributed by atoms with Gasteiger partial charge in [0.05, 0.1) is 11.8 Å². The molecule has 2 aromatic rings. The van der Waals surface area contributed by atoms with Gasteiger partial charge < -0.3 is 5.32 Å². The summed E-state index contributed by atoms with van der Waals surface area (Å²) >= 11 is 3.37. The minimum Gasteiger partial charge on any atom is -0.322 e. The molecule has 1 amide bonds. The van der Waals surface area contributed by atoms with Crippen molar-refractivity contribution < 1.29 is 9.18 Å². The Morgan fingerprint density at radius 3 is 2.83 bits per heavy atom. The number of amides is 1. The van der Waals surface area contributed by atoms with Gasteiger partial charge in [-0.15, -0.1) is 0 Å². The predicted molar refractivity (Wildman–Crippen MR) is 71.0 cm³/mol. The summed E-state index contributed by atoms with van der Waals surface area (Å²) in [6, 6.07) is 6.72. The molecule has 1 heterocycles. The number of halogens is 2. The summed E-state index contributed by atoms with van der Waals surface area (Å²) in [5.41, 5.74) is 1.59. The molecule has 2 rings (SSSR count). The normalized spacial score (nSPS) is 10.2. The average molecular weight is 309 g/mol. The first-order chi connectivity index (χ1) is 8.58. The lowest BCUT2D eigenvalue weighted by molar-refractivity contribution is 0.102. The highest BCUT2D eigenvalue weighted by Gasteiger charge is 2.11. The number of pyridine rings is 1. The van der Waals surface area contributed by atoms with Gasteiger partial charge in [0.2, 0.25) is 0 Å². The quantitative estimate of drug-likeness (QED) is 0.922. The molecular weight excluding hydrogens is 299 g/mol. The van der Waals surface area contributed by atoms with E-state index >= 15 is 0 Å². The second kappa shape index (κ2) is 5.27. The maximum atomic E-state index is 13.4. The van der Waals surface area contributed by atoms with E-state index in [9.17, 15) is 9.18 Å². The van der Waals surface area contributed by atoms with E-state index in [1.54, 1.807) is 12.1 Å². The van der Waals surface area contributed by atoms with Crippen LogP contribution in [-0.4, -0.2) is 10.9 Å². The van der Waals surface area contributed by atoms with Gasteiger partial charge >= 0.3 is 0 Å². The second-order valence-electron chi connectivity index (χ2n) is 3.77. The number of carbonyl (C=O) groups excluding carboxylic acids is 1.